The smallest absolute Gasteiger partial charge is 0.133 e. The van der Waals surface area contributed by atoms with Gasteiger partial charge in [0.15, 0.2) is 0 Å². The van der Waals surface area contributed by atoms with Gasteiger partial charge in [0.2, 0.25) is 0 Å². The van der Waals surface area contributed by atoms with Gasteiger partial charge in [-0.25, -0.2) is 0 Å². The Hall–Kier alpha value is -1.05. The number of para-hydroxylation sites is 1. The summed E-state index contributed by atoms with van der Waals surface area (Å²) in [6.07, 6.45) is 0.540. The number of rotatable bonds is 4. The van der Waals surface area contributed by atoms with Gasteiger partial charge in [0.1, 0.15) is 5.75 Å². The second kappa shape index (κ2) is 5.63. The molecule has 74 valence electrons. The first-order valence-electron chi connectivity index (χ1n) is 4.26. The van der Waals surface area contributed by atoms with Crippen LogP contribution >= 0.6 is 15.9 Å². The molecular formula is C10H11BrN2O. The quantitative estimate of drug-likeness (QED) is 0.895. The lowest BCUT2D eigenvalue weighted by atomic mass is 10.2. The Labute approximate surface area is 91.6 Å². The molecule has 0 amide bonds. The zero-order valence-corrected chi connectivity index (χ0v) is 9.20. The maximum atomic E-state index is 8.45. The fraction of sp³-hybridized carbons (Fsp3) is 0.300. The normalized spacial score (nSPS) is 11.8. The summed E-state index contributed by atoms with van der Waals surface area (Å²) in [7, 11) is 0. The molecule has 4 heteroatoms. The third kappa shape index (κ3) is 3.36. The van der Waals surface area contributed by atoms with Crippen LogP contribution in [0.5, 0.6) is 5.75 Å². The number of nitrogens with two attached hydrogens (primary N) is 1. The lowest BCUT2D eigenvalue weighted by molar-refractivity contribution is 0.304. The standard InChI is InChI=1S/C10H11BrN2O/c11-9-3-1-2-4-10(9)14-6-5-8(13)7-12/h1-4,8H,5-6,13H2. The van der Waals surface area contributed by atoms with E-state index in [4.69, 9.17) is 15.7 Å². The number of nitrogens with zero attached hydrogens (tertiary/aromatic N) is 1. The predicted molar refractivity (Wildman–Crippen MR) is 57.8 cm³/mol. The highest BCUT2D eigenvalue weighted by Crippen LogP contribution is 2.23. The molecule has 0 heterocycles. The predicted octanol–water partition coefficient (Wildman–Crippen LogP) is 2.07. The van der Waals surface area contributed by atoms with Crippen molar-refractivity contribution in [2.45, 2.75) is 12.5 Å². The highest BCUT2D eigenvalue weighted by Gasteiger charge is 2.02. The van der Waals surface area contributed by atoms with E-state index in [1.807, 2.05) is 30.3 Å². The zero-order valence-electron chi connectivity index (χ0n) is 7.61. The van der Waals surface area contributed by atoms with Gasteiger partial charge in [-0.3, -0.25) is 0 Å². The Morgan fingerprint density at radius 2 is 2.21 bits per heavy atom. The summed E-state index contributed by atoms with van der Waals surface area (Å²) in [6.45, 7) is 0.456. The van der Waals surface area contributed by atoms with Gasteiger partial charge in [-0.05, 0) is 28.1 Å². The van der Waals surface area contributed by atoms with Gasteiger partial charge in [0.05, 0.1) is 23.2 Å². The second-order valence-corrected chi connectivity index (χ2v) is 3.66. The molecule has 2 N–H and O–H groups in total. The minimum atomic E-state index is -0.447. The van der Waals surface area contributed by atoms with E-state index in [9.17, 15) is 0 Å². The number of hydrogen-bond donors (Lipinski definition) is 1. The lowest BCUT2D eigenvalue weighted by Crippen LogP contribution is -2.20. The van der Waals surface area contributed by atoms with E-state index >= 15 is 0 Å². The highest BCUT2D eigenvalue weighted by molar-refractivity contribution is 9.10. The van der Waals surface area contributed by atoms with Crippen LogP contribution in [0.2, 0.25) is 0 Å². The monoisotopic (exact) mass is 254 g/mol. The van der Waals surface area contributed by atoms with Crippen LogP contribution in [0, 0.1) is 11.3 Å². The molecule has 0 saturated heterocycles. The number of hydrogen-bond acceptors (Lipinski definition) is 3. The Morgan fingerprint density at radius 3 is 2.86 bits per heavy atom. The van der Waals surface area contributed by atoms with Gasteiger partial charge < -0.3 is 10.5 Å². The van der Waals surface area contributed by atoms with Crippen molar-refractivity contribution in [3.05, 3.63) is 28.7 Å². The lowest BCUT2D eigenvalue weighted by Gasteiger charge is -2.08. The van der Waals surface area contributed by atoms with E-state index in [1.165, 1.54) is 0 Å². The summed E-state index contributed by atoms with van der Waals surface area (Å²) in [4.78, 5) is 0. The van der Waals surface area contributed by atoms with Crippen LogP contribution < -0.4 is 10.5 Å². The van der Waals surface area contributed by atoms with Crippen molar-refractivity contribution < 1.29 is 4.74 Å². The first-order valence-corrected chi connectivity index (χ1v) is 5.06. The van der Waals surface area contributed by atoms with Crippen molar-refractivity contribution in [2.75, 3.05) is 6.61 Å². The van der Waals surface area contributed by atoms with Crippen LogP contribution in [-0.2, 0) is 0 Å². The molecule has 0 aromatic heterocycles. The van der Waals surface area contributed by atoms with Crippen LogP contribution in [0.15, 0.2) is 28.7 Å². The Kier molecular flexibility index (Phi) is 4.44. The van der Waals surface area contributed by atoms with Gasteiger partial charge in [0.25, 0.3) is 0 Å². The SMILES string of the molecule is N#CC(N)CCOc1ccccc1Br. The van der Waals surface area contributed by atoms with E-state index in [2.05, 4.69) is 15.9 Å². The molecule has 1 aromatic carbocycles. The van der Waals surface area contributed by atoms with Gasteiger partial charge in [0, 0.05) is 6.42 Å². The molecule has 14 heavy (non-hydrogen) atoms. The van der Waals surface area contributed by atoms with Crippen molar-refractivity contribution in [3.63, 3.8) is 0 Å². The van der Waals surface area contributed by atoms with E-state index in [0.29, 0.717) is 13.0 Å². The van der Waals surface area contributed by atoms with E-state index in [0.717, 1.165) is 10.2 Å². The molecule has 0 bridgehead atoms. The molecule has 0 radical (unpaired) electrons. The van der Waals surface area contributed by atoms with Crippen molar-refractivity contribution in [2.24, 2.45) is 5.73 Å². The van der Waals surface area contributed by atoms with E-state index in [1.54, 1.807) is 0 Å². The molecule has 1 rings (SSSR count). The molecule has 0 aliphatic carbocycles. The summed E-state index contributed by atoms with van der Waals surface area (Å²) >= 11 is 3.36. The Bertz CT molecular complexity index is 335. The fourth-order valence-electron chi connectivity index (χ4n) is 0.922. The number of benzene rings is 1. The molecule has 3 nitrogen and oxygen atoms in total. The average molecular weight is 255 g/mol. The summed E-state index contributed by atoms with van der Waals surface area (Å²) in [6, 6.07) is 9.08. The second-order valence-electron chi connectivity index (χ2n) is 2.80. The van der Waals surface area contributed by atoms with Crippen molar-refractivity contribution >= 4 is 15.9 Å². The highest BCUT2D eigenvalue weighted by atomic mass is 79.9. The summed E-state index contributed by atoms with van der Waals surface area (Å²) < 4.78 is 6.34. The maximum Gasteiger partial charge on any atom is 0.133 e. The molecular weight excluding hydrogens is 244 g/mol. The largest absolute Gasteiger partial charge is 0.492 e. The minimum absolute atomic E-state index is 0.447. The average Bonchev–Trinajstić information content (AvgIpc) is 2.20. The first-order chi connectivity index (χ1) is 6.74. The number of ether oxygens (including phenoxy) is 1. The molecule has 0 fully saturated rings. The first kappa shape index (κ1) is 11.0. The van der Waals surface area contributed by atoms with Crippen LogP contribution in [0.25, 0.3) is 0 Å². The molecule has 0 aliphatic heterocycles. The van der Waals surface area contributed by atoms with Crippen LogP contribution in [0.1, 0.15) is 6.42 Å². The molecule has 1 aromatic rings. The topological polar surface area (TPSA) is 59.0 Å². The van der Waals surface area contributed by atoms with Crippen molar-refractivity contribution in [3.8, 4) is 11.8 Å². The van der Waals surface area contributed by atoms with E-state index in [-0.39, 0.29) is 0 Å². The van der Waals surface area contributed by atoms with Gasteiger partial charge in [-0.2, -0.15) is 5.26 Å². The van der Waals surface area contributed by atoms with Gasteiger partial charge in [-0.1, -0.05) is 12.1 Å². The zero-order chi connectivity index (χ0) is 10.4. The fourth-order valence-corrected chi connectivity index (χ4v) is 1.32. The van der Waals surface area contributed by atoms with Gasteiger partial charge in [-0.15, -0.1) is 0 Å². The molecule has 0 saturated carbocycles. The third-order valence-corrected chi connectivity index (χ3v) is 2.34. The van der Waals surface area contributed by atoms with E-state index < -0.39 is 6.04 Å². The molecule has 0 spiro atoms. The Morgan fingerprint density at radius 1 is 1.50 bits per heavy atom. The van der Waals surface area contributed by atoms with Crippen molar-refractivity contribution in [1.82, 2.24) is 0 Å². The van der Waals surface area contributed by atoms with Crippen LogP contribution in [-0.4, -0.2) is 12.6 Å². The van der Waals surface area contributed by atoms with Crippen molar-refractivity contribution in [1.29, 1.82) is 5.26 Å². The maximum absolute atomic E-state index is 8.45. The molecule has 0 aliphatic rings. The Balaban J connectivity index is 2.40. The number of nitriles is 1. The summed E-state index contributed by atoms with van der Waals surface area (Å²) in [5.74, 6) is 0.776. The minimum Gasteiger partial charge on any atom is -0.492 e. The van der Waals surface area contributed by atoms with Crippen LogP contribution in [0.4, 0.5) is 0 Å². The summed E-state index contributed by atoms with van der Waals surface area (Å²) in [5.41, 5.74) is 5.42. The molecule has 1 atom stereocenters. The summed E-state index contributed by atoms with van der Waals surface area (Å²) in [5, 5.41) is 8.45. The van der Waals surface area contributed by atoms with Crippen LogP contribution in [0.3, 0.4) is 0 Å². The molecule has 1 unspecified atom stereocenters. The number of halogens is 1. The van der Waals surface area contributed by atoms with Gasteiger partial charge >= 0.3 is 0 Å². The third-order valence-electron chi connectivity index (χ3n) is 1.69.